The van der Waals surface area contributed by atoms with E-state index in [1.807, 2.05) is 24.3 Å². The molecule has 0 fully saturated rings. The van der Waals surface area contributed by atoms with Crippen LogP contribution < -0.4 is 9.67 Å². The number of nitrogens with one attached hydrogen (secondary N) is 1. The van der Waals surface area contributed by atoms with Gasteiger partial charge in [0.15, 0.2) is 0 Å². The first kappa shape index (κ1) is 14.0. The van der Waals surface area contributed by atoms with Gasteiger partial charge >= 0.3 is 118 Å². The Morgan fingerprint density at radius 1 is 1.00 bits per heavy atom. The van der Waals surface area contributed by atoms with Crippen molar-refractivity contribution in [2.24, 2.45) is 0 Å². The summed E-state index contributed by atoms with van der Waals surface area (Å²) < 4.78 is 38.3. The fraction of sp³-hybridized carbons (Fsp3) is 0.143. The van der Waals surface area contributed by atoms with Crippen LogP contribution in [0.1, 0.15) is 11.1 Å². The molecule has 2 radical (unpaired) electrons. The van der Waals surface area contributed by atoms with Crippen molar-refractivity contribution >= 4 is 26.9 Å². The molecule has 0 aliphatic heterocycles. The van der Waals surface area contributed by atoms with Crippen LogP contribution in [0, 0.1) is 0 Å². The third kappa shape index (κ3) is 4.03. The van der Waals surface area contributed by atoms with E-state index in [-0.39, 0.29) is 0 Å². The summed E-state index contributed by atoms with van der Waals surface area (Å²) >= 11 is 2.44. The second kappa shape index (κ2) is 5.70. The summed E-state index contributed by atoms with van der Waals surface area (Å²) in [6, 6.07) is 12.9. The minimum absolute atomic E-state index is 0.495. The van der Waals surface area contributed by atoms with E-state index in [2.05, 4.69) is 22.2 Å². The van der Waals surface area contributed by atoms with Crippen LogP contribution in [-0.2, 0) is 12.7 Å². The third-order valence-electron chi connectivity index (χ3n) is 2.62. The van der Waals surface area contributed by atoms with Crippen molar-refractivity contribution in [3.63, 3.8) is 0 Å². The summed E-state index contributed by atoms with van der Waals surface area (Å²) in [7, 11) is 0. The van der Waals surface area contributed by atoms with Crippen LogP contribution in [0.5, 0.6) is 0 Å². The maximum atomic E-state index is 12.4. The second-order valence-electron chi connectivity index (χ2n) is 4.10. The van der Waals surface area contributed by atoms with Crippen LogP contribution in [0.25, 0.3) is 0 Å². The molecule has 0 amide bonds. The molecular weight excluding hydrogens is 314 g/mol. The number of hydrogen-bond acceptors (Lipinski definition) is 1. The van der Waals surface area contributed by atoms with E-state index in [0.717, 1.165) is 27.7 Å². The molecule has 0 spiro atoms. The van der Waals surface area contributed by atoms with Gasteiger partial charge < -0.3 is 0 Å². The van der Waals surface area contributed by atoms with Crippen LogP contribution in [-0.4, -0.2) is 16.9 Å². The van der Waals surface area contributed by atoms with Crippen molar-refractivity contribution in [2.45, 2.75) is 12.7 Å². The average molecular weight is 325 g/mol. The topological polar surface area (TPSA) is 12.0 Å². The van der Waals surface area contributed by atoms with Crippen molar-refractivity contribution in [1.29, 1.82) is 0 Å². The third-order valence-corrected chi connectivity index (χ3v) is 3.21. The first-order valence-electron chi connectivity index (χ1n) is 5.64. The molecule has 0 heterocycles. The Hall–Kier alpha value is -1.41. The summed E-state index contributed by atoms with van der Waals surface area (Å²) in [5, 5.41) is 3.17. The van der Waals surface area contributed by atoms with Gasteiger partial charge in [0, 0.05) is 0 Å². The molecule has 0 unspecified atom stereocenters. The molecule has 0 saturated heterocycles. The number of alkyl halides is 3. The molecule has 0 aromatic heterocycles. The van der Waals surface area contributed by atoms with Gasteiger partial charge in [0.25, 0.3) is 0 Å². The van der Waals surface area contributed by atoms with Gasteiger partial charge in [-0.05, 0) is 0 Å². The van der Waals surface area contributed by atoms with Crippen molar-refractivity contribution in [1.82, 2.24) is 0 Å². The van der Waals surface area contributed by atoms with Crippen LogP contribution >= 0.6 is 0 Å². The first-order chi connectivity index (χ1) is 8.95. The Balaban J connectivity index is 2.01. The van der Waals surface area contributed by atoms with Gasteiger partial charge in [-0.1, -0.05) is 0 Å². The van der Waals surface area contributed by atoms with Gasteiger partial charge in [0.05, 0.1) is 0 Å². The Morgan fingerprint density at radius 3 is 2.26 bits per heavy atom. The summed E-state index contributed by atoms with van der Waals surface area (Å²) in [5.41, 5.74) is 1.13. The van der Waals surface area contributed by atoms with Crippen LogP contribution in [0.3, 0.4) is 0 Å². The molecule has 0 saturated carbocycles. The molecule has 0 aliphatic rings. The second-order valence-corrected chi connectivity index (χ2v) is 5.18. The van der Waals surface area contributed by atoms with Crippen molar-refractivity contribution in [2.75, 3.05) is 5.32 Å². The van der Waals surface area contributed by atoms with Gasteiger partial charge in [0.2, 0.25) is 0 Å². The molecule has 0 atom stereocenters. The molecule has 1 nitrogen and oxygen atoms in total. The molecule has 98 valence electrons. The van der Waals surface area contributed by atoms with Crippen LogP contribution in [0.4, 0.5) is 18.9 Å². The summed E-state index contributed by atoms with van der Waals surface area (Å²) in [5.74, 6) is 0. The quantitative estimate of drug-likeness (QED) is 0.855. The average Bonchev–Trinajstić information content (AvgIpc) is 2.36. The van der Waals surface area contributed by atoms with Crippen molar-refractivity contribution < 1.29 is 13.2 Å². The van der Waals surface area contributed by atoms with Gasteiger partial charge in [0.1, 0.15) is 0 Å². The van der Waals surface area contributed by atoms with E-state index in [1.54, 1.807) is 0 Å². The van der Waals surface area contributed by atoms with Crippen LogP contribution in [0.15, 0.2) is 48.5 Å². The Labute approximate surface area is 118 Å². The molecule has 2 aromatic carbocycles. The van der Waals surface area contributed by atoms with Gasteiger partial charge in [-0.25, -0.2) is 0 Å². The number of rotatable bonds is 3. The predicted octanol–water partition coefficient (Wildman–Crippen LogP) is 3.11. The standard InChI is InChI=1S/C14H11AsF3N/c15-12-2-1-3-13(8-12)19-9-10-4-6-11(7-5-10)14(16,17)18/h1-8,19H,9H2. The molecule has 0 bridgehead atoms. The monoisotopic (exact) mass is 325 g/mol. The van der Waals surface area contributed by atoms with E-state index in [9.17, 15) is 13.2 Å². The fourth-order valence-corrected chi connectivity index (χ4v) is 2.10. The van der Waals surface area contributed by atoms with E-state index in [0.29, 0.717) is 6.54 Å². The molecule has 19 heavy (non-hydrogen) atoms. The van der Waals surface area contributed by atoms with Crippen molar-refractivity contribution in [3.05, 3.63) is 59.7 Å². The molecule has 2 rings (SSSR count). The van der Waals surface area contributed by atoms with E-state index in [1.165, 1.54) is 12.1 Å². The zero-order chi connectivity index (χ0) is 13.9. The molecule has 2 aromatic rings. The predicted molar refractivity (Wildman–Crippen MR) is 70.6 cm³/mol. The zero-order valence-corrected chi connectivity index (χ0v) is 11.8. The van der Waals surface area contributed by atoms with Gasteiger partial charge in [-0.3, -0.25) is 0 Å². The SMILES string of the molecule is FC(F)(F)c1ccc(CNc2cccc([As])c2)cc1. The molecule has 1 N–H and O–H groups in total. The number of benzene rings is 2. The number of hydrogen-bond donors (Lipinski definition) is 1. The molecule has 0 aliphatic carbocycles. The number of anilines is 1. The summed E-state index contributed by atoms with van der Waals surface area (Å²) in [4.78, 5) is 0. The van der Waals surface area contributed by atoms with E-state index >= 15 is 0 Å². The first-order valence-corrected chi connectivity index (χ1v) is 6.58. The zero-order valence-electron chi connectivity index (χ0n) is 9.91. The Kier molecular flexibility index (Phi) is 4.20. The van der Waals surface area contributed by atoms with E-state index < -0.39 is 11.7 Å². The molecular formula is C14H11AsF3N. The normalized spacial score (nSPS) is 11.4. The van der Waals surface area contributed by atoms with Gasteiger partial charge in [-0.2, -0.15) is 0 Å². The van der Waals surface area contributed by atoms with E-state index in [4.69, 9.17) is 0 Å². The Morgan fingerprint density at radius 2 is 1.68 bits per heavy atom. The Bertz CT molecular complexity index is 549. The minimum atomic E-state index is -4.28. The van der Waals surface area contributed by atoms with Crippen molar-refractivity contribution in [3.8, 4) is 0 Å². The molecule has 5 heteroatoms. The summed E-state index contributed by atoms with van der Waals surface area (Å²) in [6.45, 7) is 0.495. The fourth-order valence-electron chi connectivity index (χ4n) is 1.63. The van der Waals surface area contributed by atoms with Gasteiger partial charge in [-0.15, -0.1) is 0 Å². The summed E-state index contributed by atoms with van der Waals surface area (Å²) in [6.07, 6.45) is -4.28. The maximum absolute atomic E-state index is 12.4. The van der Waals surface area contributed by atoms with Crippen LogP contribution in [0.2, 0.25) is 0 Å². The number of halogens is 3.